The summed E-state index contributed by atoms with van der Waals surface area (Å²) in [6, 6.07) is -1.08. The van der Waals surface area contributed by atoms with Crippen LogP contribution in [0.5, 0.6) is 0 Å². The second-order valence-electron chi connectivity index (χ2n) is 5.14. The molecule has 1 aliphatic heterocycles. The van der Waals surface area contributed by atoms with Gasteiger partial charge < -0.3 is 5.11 Å². The fourth-order valence-electron chi connectivity index (χ4n) is 2.41. The van der Waals surface area contributed by atoms with E-state index in [1.54, 1.807) is 0 Å². The van der Waals surface area contributed by atoms with E-state index in [2.05, 4.69) is 0 Å². The number of thioether (sulfide) groups is 1. The van der Waals surface area contributed by atoms with Crippen molar-refractivity contribution in [3.8, 4) is 0 Å². The van der Waals surface area contributed by atoms with Crippen LogP contribution in [0.1, 0.15) is 20.3 Å². The lowest BCUT2D eigenvalue weighted by Gasteiger charge is -2.32. The van der Waals surface area contributed by atoms with Crippen LogP contribution in [0.4, 0.5) is 18.0 Å². The fraction of sp³-hybridized carbons (Fsp3) is 0.667. The maximum absolute atomic E-state index is 13.1. The molecular formula is C12H15F3NO5S+. The predicted molar refractivity (Wildman–Crippen MR) is 69.9 cm³/mol. The van der Waals surface area contributed by atoms with Crippen molar-refractivity contribution in [2.24, 2.45) is 5.92 Å². The number of halogens is 3. The van der Waals surface area contributed by atoms with Crippen molar-refractivity contribution in [2.75, 3.05) is 12.3 Å². The molecule has 6 nitrogen and oxygen atoms in total. The monoisotopic (exact) mass is 342 g/mol. The first kappa shape index (κ1) is 18.6. The third-order valence-electron chi connectivity index (χ3n) is 3.58. The number of rotatable bonds is 3. The van der Waals surface area contributed by atoms with Crippen LogP contribution < -0.4 is 0 Å². The van der Waals surface area contributed by atoms with Crippen LogP contribution in [0.2, 0.25) is 0 Å². The van der Waals surface area contributed by atoms with Gasteiger partial charge in [0, 0.05) is 12.7 Å². The first-order valence-corrected chi connectivity index (χ1v) is 7.29. The van der Waals surface area contributed by atoms with Crippen molar-refractivity contribution < 1.29 is 41.9 Å². The van der Waals surface area contributed by atoms with Gasteiger partial charge in [0.1, 0.15) is 6.04 Å². The molecular weight excluding hydrogens is 327 g/mol. The molecule has 1 aliphatic rings. The second kappa shape index (κ2) is 6.37. The standard InChI is InChI=1S/C12H14F3NO5S/c1-6-3-8(18)4-16(6,11(20)21)10(19)9(12(13,14)15)5-22-7(2)17/h6,9H,3-5H2,1-2H3/p+1/t6-,9?,16?/m1/s1. The van der Waals surface area contributed by atoms with Gasteiger partial charge in [-0.15, -0.1) is 0 Å². The zero-order valence-electron chi connectivity index (χ0n) is 11.8. The van der Waals surface area contributed by atoms with Crippen molar-refractivity contribution in [2.45, 2.75) is 32.5 Å². The maximum atomic E-state index is 13.1. The molecule has 0 saturated carbocycles. The summed E-state index contributed by atoms with van der Waals surface area (Å²) in [5, 5.41) is 8.66. The van der Waals surface area contributed by atoms with Crippen LogP contribution in [0.15, 0.2) is 0 Å². The molecule has 10 heteroatoms. The average molecular weight is 342 g/mol. The second-order valence-corrected chi connectivity index (χ2v) is 6.33. The summed E-state index contributed by atoms with van der Waals surface area (Å²) in [7, 11) is 0. The van der Waals surface area contributed by atoms with E-state index in [1.807, 2.05) is 0 Å². The Morgan fingerprint density at radius 2 is 1.95 bits per heavy atom. The SMILES string of the molecule is CC(=O)SCC(C(=O)[N+]1(C(=O)O)CC(=O)C[C@H]1C)C(F)(F)F. The molecule has 0 aromatic rings. The molecule has 22 heavy (non-hydrogen) atoms. The predicted octanol–water partition coefficient (Wildman–Crippen LogP) is 1.83. The van der Waals surface area contributed by atoms with Gasteiger partial charge in [-0.05, 0) is 6.92 Å². The van der Waals surface area contributed by atoms with E-state index in [0.29, 0.717) is 11.8 Å². The normalized spacial score (nSPS) is 26.8. The minimum Gasteiger partial charge on any atom is -0.435 e. The van der Waals surface area contributed by atoms with E-state index >= 15 is 0 Å². The Hall–Kier alpha value is -1.42. The summed E-state index contributed by atoms with van der Waals surface area (Å²) in [6.07, 6.45) is -7.06. The Balaban J connectivity index is 3.22. The van der Waals surface area contributed by atoms with Crippen LogP contribution in [0.25, 0.3) is 0 Å². The molecule has 1 saturated heterocycles. The fourth-order valence-corrected chi connectivity index (χ4v) is 3.15. The summed E-state index contributed by atoms with van der Waals surface area (Å²) in [5.41, 5.74) is 0. The highest BCUT2D eigenvalue weighted by atomic mass is 32.2. The van der Waals surface area contributed by atoms with Gasteiger partial charge in [-0.2, -0.15) is 22.4 Å². The summed E-state index contributed by atoms with van der Waals surface area (Å²) in [4.78, 5) is 46.1. The molecule has 0 bridgehead atoms. The number of hydrogen-bond donors (Lipinski definition) is 1. The van der Waals surface area contributed by atoms with Crippen molar-refractivity contribution >= 4 is 34.7 Å². The number of imide groups is 1. The maximum Gasteiger partial charge on any atom is 0.521 e. The molecule has 1 fully saturated rings. The summed E-state index contributed by atoms with van der Waals surface area (Å²) in [6.45, 7) is 1.50. The first-order valence-electron chi connectivity index (χ1n) is 6.30. The molecule has 3 atom stereocenters. The highest BCUT2D eigenvalue weighted by Crippen LogP contribution is 2.36. The van der Waals surface area contributed by atoms with Gasteiger partial charge in [0.15, 0.2) is 23.4 Å². The molecule has 0 aromatic carbocycles. The number of amides is 2. The number of Topliss-reactive ketones (excluding diaryl/α,β-unsaturated/α-hetero) is 1. The van der Waals surface area contributed by atoms with E-state index in [-0.39, 0.29) is 6.42 Å². The lowest BCUT2D eigenvalue weighted by atomic mass is 10.1. The van der Waals surface area contributed by atoms with Crippen LogP contribution in [0, 0.1) is 5.92 Å². The number of hydrogen-bond acceptors (Lipinski definition) is 5. The van der Waals surface area contributed by atoms with Gasteiger partial charge in [-0.25, -0.2) is 4.79 Å². The molecule has 2 unspecified atom stereocenters. The largest absolute Gasteiger partial charge is 0.521 e. The molecule has 0 aliphatic carbocycles. The molecule has 124 valence electrons. The number of likely N-dealkylation sites (tertiary alicyclic amines) is 1. The number of alkyl halides is 3. The van der Waals surface area contributed by atoms with Crippen molar-refractivity contribution in [1.82, 2.24) is 0 Å². The third kappa shape index (κ3) is 3.49. The number of nitrogens with zero attached hydrogens (tertiary/aromatic N) is 1. The zero-order valence-corrected chi connectivity index (χ0v) is 12.7. The Morgan fingerprint density at radius 3 is 2.27 bits per heavy atom. The molecule has 1 heterocycles. The molecule has 0 spiro atoms. The Morgan fingerprint density at radius 1 is 1.41 bits per heavy atom. The molecule has 1 rings (SSSR count). The lowest BCUT2D eigenvalue weighted by Crippen LogP contribution is -2.63. The highest BCUT2D eigenvalue weighted by molar-refractivity contribution is 8.13. The number of carbonyl (C=O) groups excluding carboxylic acids is 3. The van der Waals surface area contributed by atoms with Gasteiger partial charge in [-0.3, -0.25) is 9.59 Å². The minimum atomic E-state index is -4.99. The number of carboxylic acid groups (broad SMARTS) is 1. The Kier molecular flexibility index (Phi) is 5.39. The Labute approximate surface area is 128 Å². The van der Waals surface area contributed by atoms with Crippen LogP contribution >= 0.6 is 11.8 Å². The van der Waals surface area contributed by atoms with Crippen molar-refractivity contribution in [1.29, 1.82) is 0 Å². The highest BCUT2D eigenvalue weighted by Gasteiger charge is 2.62. The number of quaternary nitrogens is 1. The molecule has 2 amide bonds. The molecule has 0 aromatic heterocycles. The third-order valence-corrected chi connectivity index (χ3v) is 4.49. The van der Waals surface area contributed by atoms with E-state index in [4.69, 9.17) is 0 Å². The number of carbonyl (C=O) groups is 4. The quantitative estimate of drug-likeness (QED) is 0.787. The molecule has 0 radical (unpaired) electrons. The summed E-state index contributed by atoms with van der Waals surface area (Å²) < 4.78 is 37.7. The number of ketones is 1. The minimum absolute atomic E-state index is 0.275. The van der Waals surface area contributed by atoms with Gasteiger partial charge in [0.25, 0.3) is 0 Å². The van der Waals surface area contributed by atoms with Gasteiger partial charge in [0.05, 0.1) is 6.42 Å². The van der Waals surface area contributed by atoms with Crippen LogP contribution in [-0.2, 0) is 14.4 Å². The molecule has 1 N–H and O–H groups in total. The zero-order chi connectivity index (χ0) is 17.3. The summed E-state index contributed by atoms with van der Waals surface area (Å²) >= 11 is 0.298. The van der Waals surface area contributed by atoms with E-state index in [9.17, 15) is 37.5 Å². The first-order chi connectivity index (χ1) is 9.92. The lowest BCUT2D eigenvalue weighted by molar-refractivity contribution is -0.791. The van der Waals surface area contributed by atoms with E-state index in [0.717, 1.165) is 6.92 Å². The van der Waals surface area contributed by atoms with E-state index < -0.39 is 57.8 Å². The van der Waals surface area contributed by atoms with Crippen LogP contribution in [0.3, 0.4) is 0 Å². The average Bonchev–Trinajstić information content (AvgIpc) is 2.63. The van der Waals surface area contributed by atoms with Crippen LogP contribution in [-0.4, -0.2) is 57.0 Å². The van der Waals surface area contributed by atoms with E-state index in [1.165, 1.54) is 6.92 Å². The smallest absolute Gasteiger partial charge is 0.435 e. The van der Waals surface area contributed by atoms with Gasteiger partial charge >= 0.3 is 18.2 Å². The van der Waals surface area contributed by atoms with Gasteiger partial charge in [-0.1, -0.05) is 11.8 Å². The van der Waals surface area contributed by atoms with Crippen molar-refractivity contribution in [3.05, 3.63) is 0 Å². The Bertz CT molecular complexity index is 521. The summed E-state index contributed by atoms with van der Waals surface area (Å²) in [5.74, 6) is -5.70. The topological polar surface area (TPSA) is 88.5 Å². The van der Waals surface area contributed by atoms with Gasteiger partial charge in [0.2, 0.25) is 0 Å². The van der Waals surface area contributed by atoms with Crippen molar-refractivity contribution in [3.63, 3.8) is 0 Å².